The third kappa shape index (κ3) is 7.39. The summed E-state index contributed by atoms with van der Waals surface area (Å²) in [5.74, 6) is 0.411. The van der Waals surface area contributed by atoms with Gasteiger partial charge >= 0.3 is 0 Å². The van der Waals surface area contributed by atoms with E-state index in [-0.39, 0.29) is 23.5 Å². The zero-order valence-electron chi connectivity index (χ0n) is 26.0. The van der Waals surface area contributed by atoms with Crippen molar-refractivity contribution in [3.8, 4) is 5.88 Å². The minimum Gasteiger partial charge on any atom is -0.472 e. The van der Waals surface area contributed by atoms with Crippen LogP contribution in [0.25, 0.3) is 0 Å². The molecule has 0 radical (unpaired) electrons. The van der Waals surface area contributed by atoms with Gasteiger partial charge in [-0.15, -0.1) is 0 Å². The van der Waals surface area contributed by atoms with Gasteiger partial charge in [-0.05, 0) is 58.0 Å². The van der Waals surface area contributed by atoms with E-state index < -0.39 is 0 Å². The van der Waals surface area contributed by atoms with Crippen LogP contribution in [0.4, 0.5) is 11.4 Å². The second-order valence-electron chi connectivity index (χ2n) is 12.5. The minimum atomic E-state index is -0.203. The number of likely N-dealkylation sites (tertiary alicyclic amines) is 1. The summed E-state index contributed by atoms with van der Waals surface area (Å²) in [6.07, 6.45) is 5.07. The molecule has 6 rings (SSSR count). The van der Waals surface area contributed by atoms with Crippen LogP contribution in [0.3, 0.4) is 0 Å². The highest BCUT2D eigenvalue weighted by Crippen LogP contribution is 2.34. The van der Waals surface area contributed by atoms with Crippen molar-refractivity contribution in [3.05, 3.63) is 150 Å². The molecule has 228 valence electrons. The highest BCUT2D eigenvalue weighted by molar-refractivity contribution is 6.05. The van der Waals surface area contributed by atoms with Gasteiger partial charge in [-0.1, -0.05) is 87.5 Å². The summed E-state index contributed by atoms with van der Waals surface area (Å²) in [5.41, 5.74) is 6.78. The average Bonchev–Trinajstić information content (AvgIpc) is 3.04. The number of hydrogen-bond donors (Lipinski definition) is 2. The topological polar surface area (TPSA) is 79.4 Å². The lowest BCUT2D eigenvalue weighted by Gasteiger charge is -2.44. The Morgan fingerprint density at radius 1 is 0.867 bits per heavy atom. The summed E-state index contributed by atoms with van der Waals surface area (Å²) in [4.78, 5) is 24.0. The molecule has 7 nitrogen and oxygen atoms in total. The number of nitrogens with one attached hydrogen (secondary N) is 2. The molecular formula is C38H39N5O2. The first kappa shape index (κ1) is 30.0. The Morgan fingerprint density at radius 2 is 1.58 bits per heavy atom. The van der Waals surface area contributed by atoms with E-state index in [1.807, 2.05) is 18.2 Å². The molecule has 3 aromatic carbocycles. The number of rotatable bonds is 10. The van der Waals surface area contributed by atoms with E-state index in [0.29, 0.717) is 23.7 Å². The maximum atomic E-state index is 12.9. The summed E-state index contributed by atoms with van der Waals surface area (Å²) in [6.45, 7) is 8.71. The number of anilines is 2. The third-order valence-corrected chi connectivity index (χ3v) is 8.10. The van der Waals surface area contributed by atoms with E-state index >= 15 is 0 Å². The van der Waals surface area contributed by atoms with Gasteiger partial charge in [0.15, 0.2) is 0 Å². The molecule has 5 aromatic rings. The molecule has 1 aliphatic heterocycles. The number of pyridine rings is 2. The fraction of sp³-hybridized carbons (Fsp3) is 0.237. The monoisotopic (exact) mass is 597 g/mol. The second-order valence-corrected chi connectivity index (χ2v) is 12.5. The van der Waals surface area contributed by atoms with Crippen molar-refractivity contribution in [3.63, 3.8) is 0 Å². The number of carbonyl (C=O) groups is 1. The van der Waals surface area contributed by atoms with Crippen molar-refractivity contribution in [1.29, 1.82) is 0 Å². The van der Waals surface area contributed by atoms with E-state index in [1.54, 1.807) is 30.7 Å². The molecule has 2 N–H and O–H groups in total. The standard InChI is InChI=1S/C38H39N5O2/c1-38(2,3)31-16-17-33(42-37(44)30-15-10-19-39-24-30)34(22-31)41-23-27-18-20-40-35(21-27)45-32-25-43(26-32)36(28-11-6-4-7-12-28)29-13-8-5-9-14-29/h4-22,24,32,36,41H,23,25-26H2,1-3H3,(H,42,44). The van der Waals surface area contributed by atoms with Gasteiger partial charge in [0.25, 0.3) is 5.91 Å². The van der Waals surface area contributed by atoms with Crippen LogP contribution in [-0.2, 0) is 12.0 Å². The molecule has 1 saturated heterocycles. The molecule has 0 spiro atoms. The number of ether oxygens (including phenoxy) is 1. The first-order valence-electron chi connectivity index (χ1n) is 15.4. The molecular weight excluding hydrogens is 558 g/mol. The highest BCUT2D eigenvalue weighted by Gasteiger charge is 2.35. The Balaban J connectivity index is 1.12. The number of amides is 1. The van der Waals surface area contributed by atoms with Gasteiger partial charge in [0.1, 0.15) is 6.10 Å². The number of carbonyl (C=O) groups excluding carboxylic acids is 1. The zero-order chi connectivity index (χ0) is 31.2. The summed E-state index contributed by atoms with van der Waals surface area (Å²) < 4.78 is 6.34. The molecule has 1 fully saturated rings. The average molecular weight is 598 g/mol. The Bertz CT molecular complexity index is 1680. The first-order chi connectivity index (χ1) is 21.8. The maximum absolute atomic E-state index is 12.9. The van der Waals surface area contributed by atoms with Gasteiger partial charge in [0, 0.05) is 44.3 Å². The van der Waals surface area contributed by atoms with Gasteiger partial charge in [0.05, 0.1) is 23.0 Å². The fourth-order valence-corrected chi connectivity index (χ4v) is 5.59. The van der Waals surface area contributed by atoms with Gasteiger partial charge in [0.2, 0.25) is 5.88 Å². The Labute approximate surface area is 265 Å². The second kappa shape index (κ2) is 13.3. The smallest absolute Gasteiger partial charge is 0.257 e. The normalized spacial score (nSPS) is 13.7. The SMILES string of the molecule is CC(C)(C)c1ccc(NC(=O)c2cccnc2)c(NCc2ccnc(OC3CN(C(c4ccccc4)c4ccccc4)C3)c2)c1. The highest BCUT2D eigenvalue weighted by atomic mass is 16.5. The van der Waals surface area contributed by atoms with Crippen molar-refractivity contribution in [2.75, 3.05) is 23.7 Å². The Kier molecular flexibility index (Phi) is 8.89. The number of benzene rings is 3. The molecule has 0 atom stereocenters. The van der Waals surface area contributed by atoms with E-state index in [4.69, 9.17) is 4.74 Å². The minimum absolute atomic E-state index is 0.0450. The summed E-state index contributed by atoms with van der Waals surface area (Å²) in [5, 5.41) is 6.59. The first-order valence-corrected chi connectivity index (χ1v) is 15.4. The lowest BCUT2D eigenvalue weighted by molar-refractivity contribution is -0.00218. The molecule has 0 aliphatic carbocycles. The van der Waals surface area contributed by atoms with Crippen LogP contribution in [0.15, 0.2) is 122 Å². The molecule has 1 aliphatic rings. The summed E-state index contributed by atoms with van der Waals surface area (Å²) in [7, 11) is 0. The molecule has 1 amide bonds. The largest absolute Gasteiger partial charge is 0.472 e. The van der Waals surface area contributed by atoms with Crippen molar-refractivity contribution < 1.29 is 9.53 Å². The molecule has 0 unspecified atom stereocenters. The van der Waals surface area contributed by atoms with Gasteiger partial charge in [-0.3, -0.25) is 14.7 Å². The van der Waals surface area contributed by atoms with Crippen molar-refractivity contribution in [1.82, 2.24) is 14.9 Å². The summed E-state index contributed by atoms with van der Waals surface area (Å²) in [6, 6.07) is 35.1. The molecule has 0 saturated carbocycles. The van der Waals surface area contributed by atoms with Crippen LogP contribution in [0.2, 0.25) is 0 Å². The van der Waals surface area contributed by atoms with Gasteiger partial charge in [-0.25, -0.2) is 4.98 Å². The predicted octanol–water partition coefficient (Wildman–Crippen LogP) is 7.49. The molecule has 7 heteroatoms. The lowest BCUT2D eigenvalue weighted by Crippen LogP contribution is -2.55. The van der Waals surface area contributed by atoms with E-state index in [9.17, 15) is 4.79 Å². The predicted molar refractivity (Wildman–Crippen MR) is 180 cm³/mol. The lowest BCUT2D eigenvalue weighted by atomic mass is 9.86. The molecule has 2 aromatic heterocycles. The molecule has 3 heterocycles. The van der Waals surface area contributed by atoms with Crippen molar-refractivity contribution in [2.45, 2.75) is 44.9 Å². The Hall–Kier alpha value is -5.01. The van der Waals surface area contributed by atoms with Crippen LogP contribution < -0.4 is 15.4 Å². The zero-order valence-corrected chi connectivity index (χ0v) is 26.0. The van der Waals surface area contributed by atoms with Gasteiger partial charge in [-0.2, -0.15) is 0 Å². The van der Waals surface area contributed by atoms with Gasteiger partial charge < -0.3 is 15.4 Å². The fourth-order valence-electron chi connectivity index (χ4n) is 5.59. The van der Waals surface area contributed by atoms with Crippen LogP contribution in [-0.4, -0.2) is 40.0 Å². The van der Waals surface area contributed by atoms with Crippen LogP contribution in [0.1, 0.15) is 59.4 Å². The third-order valence-electron chi connectivity index (χ3n) is 8.10. The molecule has 45 heavy (non-hydrogen) atoms. The maximum Gasteiger partial charge on any atom is 0.257 e. The van der Waals surface area contributed by atoms with Crippen LogP contribution in [0, 0.1) is 0 Å². The Morgan fingerprint density at radius 3 is 2.22 bits per heavy atom. The number of hydrogen-bond acceptors (Lipinski definition) is 6. The van der Waals surface area contributed by atoms with E-state index in [2.05, 4.69) is 119 Å². The van der Waals surface area contributed by atoms with Crippen molar-refractivity contribution in [2.24, 2.45) is 0 Å². The quantitative estimate of drug-likeness (QED) is 0.174. The molecule has 0 bridgehead atoms. The number of nitrogens with zero attached hydrogens (tertiary/aromatic N) is 3. The van der Waals surface area contributed by atoms with E-state index in [0.717, 1.165) is 24.3 Å². The van der Waals surface area contributed by atoms with Crippen LogP contribution >= 0.6 is 0 Å². The van der Waals surface area contributed by atoms with E-state index in [1.165, 1.54) is 16.7 Å². The van der Waals surface area contributed by atoms with Crippen molar-refractivity contribution >= 4 is 17.3 Å². The summed E-state index contributed by atoms with van der Waals surface area (Å²) >= 11 is 0. The number of aromatic nitrogens is 2. The van der Waals surface area contributed by atoms with Crippen LogP contribution in [0.5, 0.6) is 5.88 Å².